The van der Waals surface area contributed by atoms with E-state index in [-0.39, 0.29) is 5.97 Å². The second kappa shape index (κ2) is 10.3. The Labute approximate surface area is 120 Å². The van der Waals surface area contributed by atoms with Crippen molar-refractivity contribution < 1.29 is 14.3 Å². The quantitative estimate of drug-likeness (QED) is 0.526. The second-order valence-electron chi connectivity index (χ2n) is 4.53. The van der Waals surface area contributed by atoms with Crippen LogP contribution in [0.25, 0.3) is 0 Å². The summed E-state index contributed by atoms with van der Waals surface area (Å²) in [6, 6.07) is 3.56. The zero-order valence-electron chi connectivity index (χ0n) is 12.4. The van der Waals surface area contributed by atoms with Gasteiger partial charge in [0.05, 0.1) is 18.4 Å². The Morgan fingerprint density at radius 3 is 2.75 bits per heavy atom. The number of carbonyl (C=O) groups excluding carboxylic acids is 1. The van der Waals surface area contributed by atoms with Gasteiger partial charge in [-0.1, -0.05) is 13.3 Å². The van der Waals surface area contributed by atoms with Crippen LogP contribution in [-0.4, -0.2) is 37.8 Å². The van der Waals surface area contributed by atoms with Crippen LogP contribution in [0.1, 0.15) is 42.2 Å². The summed E-state index contributed by atoms with van der Waals surface area (Å²) in [7, 11) is 1.36. The molecule has 1 heterocycles. The maximum atomic E-state index is 11.2. The lowest BCUT2D eigenvalue weighted by Gasteiger charge is -2.06. The van der Waals surface area contributed by atoms with Gasteiger partial charge in [-0.15, -0.1) is 0 Å². The molecule has 1 aromatic rings. The van der Waals surface area contributed by atoms with Crippen LogP contribution in [0.4, 0.5) is 0 Å². The van der Waals surface area contributed by atoms with Gasteiger partial charge >= 0.3 is 5.97 Å². The van der Waals surface area contributed by atoms with Crippen LogP contribution < -0.4 is 5.32 Å². The largest absolute Gasteiger partial charge is 0.465 e. The first kappa shape index (κ1) is 16.6. The average molecular weight is 280 g/mol. The standard InChI is InChI=1S/C15H24N2O3/c1-3-4-9-20-10-5-8-16-12-14-7-6-13(11-17-14)15(18)19-2/h6-7,11,16H,3-5,8-10,12H2,1-2H3. The Kier molecular flexibility index (Phi) is 8.58. The van der Waals surface area contributed by atoms with Crippen molar-refractivity contribution in [2.75, 3.05) is 26.9 Å². The monoisotopic (exact) mass is 280 g/mol. The second-order valence-corrected chi connectivity index (χ2v) is 4.53. The smallest absolute Gasteiger partial charge is 0.339 e. The molecule has 0 bridgehead atoms. The molecule has 0 aliphatic carbocycles. The zero-order valence-corrected chi connectivity index (χ0v) is 12.4. The lowest BCUT2D eigenvalue weighted by Crippen LogP contribution is -2.17. The van der Waals surface area contributed by atoms with E-state index in [0.29, 0.717) is 12.1 Å². The number of hydrogen-bond donors (Lipinski definition) is 1. The molecule has 0 aliphatic heterocycles. The number of nitrogens with zero attached hydrogens (tertiary/aromatic N) is 1. The Balaban J connectivity index is 2.11. The summed E-state index contributed by atoms with van der Waals surface area (Å²) < 4.78 is 10.1. The van der Waals surface area contributed by atoms with Gasteiger partial charge in [0.2, 0.25) is 0 Å². The molecule has 0 spiro atoms. The van der Waals surface area contributed by atoms with Gasteiger partial charge in [0.1, 0.15) is 0 Å². The molecular formula is C15H24N2O3. The van der Waals surface area contributed by atoms with Gasteiger partial charge in [-0.25, -0.2) is 4.79 Å². The highest BCUT2D eigenvalue weighted by Gasteiger charge is 2.04. The van der Waals surface area contributed by atoms with E-state index in [1.54, 1.807) is 6.07 Å². The maximum Gasteiger partial charge on any atom is 0.339 e. The molecule has 1 N–H and O–H groups in total. The van der Waals surface area contributed by atoms with Crippen LogP contribution in [0.5, 0.6) is 0 Å². The molecule has 0 aromatic carbocycles. The van der Waals surface area contributed by atoms with Gasteiger partial charge in [-0.3, -0.25) is 4.98 Å². The highest BCUT2D eigenvalue weighted by atomic mass is 16.5. The fourth-order valence-electron chi connectivity index (χ4n) is 1.63. The van der Waals surface area contributed by atoms with Crippen molar-refractivity contribution in [2.24, 2.45) is 0 Å². The Hall–Kier alpha value is -1.46. The van der Waals surface area contributed by atoms with Gasteiger partial charge in [0.15, 0.2) is 0 Å². The van der Waals surface area contributed by atoms with Gasteiger partial charge in [0, 0.05) is 26.0 Å². The molecule has 1 aromatic heterocycles. The number of unbranched alkanes of at least 4 members (excludes halogenated alkanes) is 1. The molecule has 0 amide bonds. The van der Waals surface area contributed by atoms with Crippen LogP contribution in [0.3, 0.4) is 0 Å². The van der Waals surface area contributed by atoms with Crippen LogP contribution in [-0.2, 0) is 16.0 Å². The summed E-state index contributed by atoms with van der Waals surface area (Å²) in [6.45, 7) is 5.39. The predicted molar refractivity (Wildman–Crippen MR) is 77.6 cm³/mol. The van der Waals surface area contributed by atoms with E-state index in [0.717, 1.165) is 38.3 Å². The first-order chi connectivity index (χ1) is 9.77. The number of pyridine rings is 1. The third-order valence-corrected chi connectivity index (χ3v) is 2.84. The molecule has 0 saturated heterocycles. The summed E-state index contributed by atoms with van der Waals surface area (Å²) in [5, 5.41) is 3.30. The maximum absolute atomic E-state index is 11.2. The van der Waals surface area contributed by atoms with E-state index in [9.17, 15) is 4.79 Å². The summed E-state index contributed by atoms with van der Waals surface area (Å²) in [5.74, 6) is -0.360. The van der Waals surface area contributed by atoms with E-state index in [4.69, 9.17) is 4.74 Å². The van der Waals surface area contributed by atoms with Gasteiger partial charge in [-0.2, -0.15) is 0 Å². The molecular weight excluding hydrogens is 256 g/mol. The molecule has 0 atom stereocenters. The summed E-state index contributed by atoms with van der Waals surface area (Å²) in [4.78, 5) is 15.5. The van der Waals surface area contributed by atoms with Crippen LogP contribution in [0.15, 0.2) is 18.3 Å². The third-order valence-electron chi connectivity index (χ3n) is 2.84. The lowest BCUT2D eigenvalue weighted by atomic mass is 10.2. The zero-order chi connectivity index (χ0) is 14.6. The highest BCUT2D eigenvalue weighted by Crippen LogP contribution is 2.01. The minimum absolute atomic E-state index is 0.360. The number of carbonyl (C=O) groups is 1. The number of methoxy groups -OCH3 is 1. The molecule has 20 heavy (non-hydrogen) atoms. The number of esters is 1. The molecule has 5 nitrogen and oxygen atoms in total. The number of ether oxygens (including phenoxy) is 2. The van der Waals surface area contributed by atoms with Gasteiger partial charge < -0.3 is 14.8 Å². The summed E-state index contributed by atoms with van der Waals surface area (Å²) in [6.07, 6.45) is 4.83. The molecule has 112 valence electrons. The lowest BCUT2D eigenvalue weighted by molar-refractivity contribution is 0.0600. The normalized spacial score (nSPS) is 10.5. The first-order valence-electron chi connectivity index (χ1n) is 7.09. The summed E-state index contributed by atoms with van der Waals surface area (Å²) in [5.41, 5.74) is 1.38. The molecule has 0 radical (unpaired) electrons. The van der Waals surface area contributed by atoms with E-state index < -0.39 is 0 Å². The van der Waals surface area contributed by atoms with E-state index in [2.05, 4.69) is 22.0 Å². The van der Waals surface area contributed by atoms with E-state index in [1.807, 2.05) is 6.07 Å². The predicted octanol–water partition coefficient (Wildman–Crippen LogP) is 2.16. The van der Waals surface area contributed by atoms with Gasteiger partial charge in [0.25, 0.3) is 0 Å². The number of nitrogens with one attached hydrogen (secondary N) is 1. The first-order valence-corrected chi connectivity index (χ1v) is 7.09. The Bertz CT molecular complexity index is 379. The Morgan fingerprint density at radius 2 is 2.10 bits per heavy atom. The topological polar surface area (TPSA) is 60.5 Å². The van der Waals surface area contributed by atoms with Crippen LogP contribution in [0.2, 0.25) is 0 Å². The van der Waals surface area contributed by atoms with Crippen molar-refractivity contribution in [2.45, 2.75) is 32.7 Å². The number of rotatable bonds is 10. The van der Waals surface area contributed by atoms with Crippen LogP contribution in [0, 0.1) is 0 Å². The third kappa shape index (κ3) is 6.63. The number of aromatic nitrogens is 1. The SMILES string of the molecule is CCCCOCCCNCc1ccc(C(=O)OC)cn1. The fraction of sp³-hybridized carbons (Fsp3) is 0.600. The van der Waals surface area contributed by atoms with Gasteiger partial charge in [-0.05, 0) is 31.5 Å². The minimum atomic E-state index is -0.360. The average Bonchev–Trinajstić information content (AvgIpc) is 2.50. The minimum Gasteiger partial charge on any atom is -0.465 e. The molecule has 5 heteroatoms. The van der Waals surface area contributed by atoms with Crippen molar-refractivity contribution in [1.82, 2.24) is 10.3 Å². The van der Waals surface area contributed by atoms with Crippen molar-refractivity contribution in [3.8, 4) is 0 Å². The van der Waals surface area contributed by atoms with Crippen molar-refractivity contribution >= 4 is 5.97 Å². The Morgan fingerprint density at radius 1 is 1.30 bits per heavy atom. The van der Waals surface area contributed by atoms with Crippen molar-refractivity contribution in [3.63, 3.8) is 0 Å². The molecule has 0 aliphatic rings. The van der Waals surface area contributed by atoms with E-state index >= 15 is 0 Å². The highest BCUT2D eigenvalue weighted by molar-refractivity contribution is 5.88. The van der Waals surface area contributed by atoms with Crippen LogP contribution >= 0.6 is 0 Å². The molecule has 0 unspecified atom stereocenters. The molecule has 0 saturated carbocycles. The number of hydrogen-bond acceptors (Lipinski definition) is 5. The van der Waals surface area contributed by atoms with E-state index in [1.165, 1.54) is 19.7 Å². The molecule has 1 rings (SSSR count). The summed E-state index contributed by atoms with van der Waals surface area (Å²) >= 11 is 0. The fourth-order valence-corrected chi connectivity index (χ4v) is 1.63. The molecule has 0 fully saturated rings. The van der Waals surface area contributed by atoms with Crippen molar-refractivity contribution in [3.05, 3.63) is 29.6 Å². The van der Waals surface area contributed by atoms with Crippen molar-refractivity contribution in [1.29, 1.82) is 0 Å².